The molecule has 88 valence electrons. The Morgan fingerprint density at radius 2 is 2.33 bits per heavy atom. The van der Waals surface area contributed by atoms with E-state index in [1.54, 1.807) is 0 Å². The molecule has 1 rings (SSSR count). The van der Waals surface area contributed by atoms with Gasteiger partial charge in [-0.15, -0.1) is 0 Å². The molecule has 5 heteroatoms. The lowest BCUT2D eigenvalue weighted by Crippen LogP contribution is -2.50. The molecule has 2 atom stereocenters. The Balaban J connectivity index is 2.30. The largest absolute Gasteiger partial charge is 0.375 e. The van der Waals surface area contributed by atoms with Crippen LogP contribution in [0.3, 0.4) is 0 Å². The molecule has 15 heavy (non-hydrogen) atoms. The summed E-state index contributed by atoms with van der Waals surface area (Å²) < 4.78 is 5.59. The van der Waals surface area contributed by atoms with E-state index in [0.717, 1.165) is 19.4 Å². The third kappa shape index (κ3) is 4.15. The predicted octanol–water partition coefficient (Wildman–Crippen LogP) is -0.654. The van der Waals surface area contributed by atoms with Gasteiger partial charge in [0.1, 0.15) is 0 Å². The van der Waals surface area contributed by atoms with Gasteiger partial charge in [0.2, 0.25) is 5.91 Å². The lowest BCUT2D eigenvalue weighted by molar-refractivity contribution is -0.119. The van der Waals surface area contributed by atoms with Crippen molar-refractivity contribution < 1.29 is 9.53 Å². The van der Waals surface area contributed by atoms with Crippen LogP contribution in [0.25, 0.3) is 0 Å². The highest BCUT2D eigenvalue weighted by molar-refractivity contribution is 5.79. The summed E-state index contributed by atoms with van der Waals surface area (Å²) >= 11 is 0. The van der Waals surface area contributed by atoms with Crippen molar-refractivity contribution in [2.45, 2.75) is 44.4 Å². The number of hydrogen-bond donors (Lipinski definition) is 3. The highest BCUT2D eigenvalue weighted by Gasteiger charge is 2.28. The third-order valence-corrected chi connectivity index (χ3v) is 2.69. The first-order chi connectivity index (χ1) is 6.91. The summed E-state index contributed by atoms with van der Waals surface area (Å²) in [5.41, 5.74) is 10.5. The number of amides is 1. The zero-order chi connectivity index (χ0) is 11.5. The van der Waals surface area contributed by atoms with Crippen LogP contribution in [0.15, 0.2) is 0 Å². The quantitative estimate of drug-likeness (QED) is 0.581. The first-order valence-electron chi connectivity index (χ1n) is 5.33. The molecule has 0 aromatic heterocycles. The summed E-state index contributed by atoms with van der Waals surface area (Å²) in [6.07, 6.45) is 1.88. The number of primary amides is 1. The maximum absolute atomic E-state index is 10.7. The summed E-state index contributed by atoms with van der Waals surface area (Å²) in [7, 11) is 0. The minimum Gasteiger partial charge on any atom is -0.375 e. The number of carbonyl (C=O) groups is 1. The Morgan fingerprint density at radius 1 is 1.67 bits per heavy atom. The van der Waals surface area contributed by atoms with Gasteiger partial charge < -0.3 is 21.5 Å². The van der Waals surface area contributed by atoms with E-state index in [2.05, 4.69) is 19.2 Å². The molecule has 0 radical (unpaired) electrons. The van der Waals surface area contributed by atoms with E-state index in [0.29, 0.717) is 12.6 Å². The second kappa shape index (κ2) is 4.92. The zero-order valence-corrected chi connectivity index (χ0v) is 9.45. The standard InChI is InChI=1S/C10H21N3O2/c1-10(2)5-7(3-4-15-10)13-6-8(11)9(12)14/h7-8,13H,3-6,11H2,1-2H3,(H2,12,14). The van der Waals surface area contributed by atoms with Gasteiger partial charge in [0.15, 0.2) is 0 Å². The minimum atomic E-state index is -0.601. The maximum Gasteiger partial charge on any atom is 0.235 e. The first-order valence-corrected chi connectivity index (χ1v) is 5.33. The molecule has 0 spiro atoms. The van der Waals surface area contributed by atoms with Crippen LogP contribution >= 0.6 is 0 Å². The van der Waals surface area contributed by atoms with Gasteiger partial charge in [-0.2, -0.15) is 0 Å². The molecular weight excluding hydrogens is 194 g/mol. The van der Waals surface area contributed by atoms with Crippen LogP contribution in [0.1, 0.15) is 26.7 Å². The molecule has 0 aliphatic carbocycles. The summed E-state index contributed by atoms with van der Waals surface area (Å²) in [6.45, 7) is 5.32. The Kier molecular flexibility index (Phi) is 4.07. The molecule has 2 unspecified atom stereocenters. The third-order valence-electron chi connectivity index (χ3n) is 2.69. The Labute approximate surface area is 90.5 Å². The summed E-state index contributed by atoms with van der Waals surface area (Å²) in [5, 5.41) is 3.25. The fraction of sp³-hybridized carbons (Fsp3) is 0.900. The summed E-state index contributed by atoms with van der Waals surface area (Å²) in [6, 6.07) is -0.241. The minimum absolute atomic E-state index is 0.0905. The monoisotopic (exact) mass is 215 g/mol. The molecule has 1 fully saturated rings. The fourth-order valence-corrected chi connectivity index (χ4v) is 1.80. The molecule has 5 N–H and O–H groups in total. The van der Waals surface area contributed by atoms with E-state index in [9.17, 15) is 4.79 Å². The van der Waals surface area contributed by atoms with E-state index < -0.39 is 11.9 Å². The van der Waals surface area contributed by atoms with E-state index in [-0.39, 0.29) is 5.60 Å². The van der Waals surface area contributed by atoms with E-state index in [1.165, 1.54) is 0 Å². The number of hydrogen-bond acceptors (Lipinski definition) is 4. The van der Waals surface area contributed by atoms with Crippen LogP contribution in [-0.2, 0) is 9.53 Å². The smallest absolute Gasteiger partial charge is 0.235 e. The van der Waals surface area contributed by atoms with Gasteiger partial charge in [-0.25, -0.2) is 0 Å². The van der Waals surface area contributed by atoms with Crippen molar-refractivity contribution in [3.63, 3.8) is 0 Å². The van der Waals surface area contributed by atoms with Crippen molar-refractivity contribution in [1.29, 1.82) is 0 Å². The normalized spacial score (nSPS) is 27.3. The molecule has 0 aromatic rings. The Hall–Kier alpha value is -0.650. The van der Waals surface area contributed by atoms with Gasteiger partial charge in [0.05, 0.1) is 11.6 Å². The van der Waals surface area contributed by atoms with Crippen molar-refractivity contribution in [2.75, 3.05) is 13.2 Å². The number of nitrogens with two attached hydrogens (primary N) is 2. The first kappa shape index (κ1) is 12.4. The fourth-order valence-electron chi connectivity index (χ4n) is 1.80. The topological polar surface area (TPSA) is 90.4 Å². The van der Waals surface area contributed by atoms with Gasteiger partial charge in [-0.1, -0.05) is 0 Å². The van der Waals surface area contributed by atoms with Gasteiger partial charge >= 0.3 is 0 Å². The highest BCUT2D eigenvalue weighted by atomic mass is 16.5. The van der Waals surface area contributed by atoms with Crippen LogP contribution in [0.5, 0.6) is 0 Å². The lowest BCUT2D eigenvalue weighted by Gasteiger charge is -2.36. The lowest BCUT2D eigenvalue weighted by atomic mass is 9.94. The number of nitrogens with one attached hydrogen (secondary N) is 1. The Morgan fingerprint density at radius 3 is 2.87 bits per heavy atom. The maximum atomic E-state index is 10.7. The van der Waals surface area contributed by atoms with Crippen LogP contribution in [-0.4, -0.2) is 36.7 Å². The molecule has 0 saturated carbocycles. The van der Waals surface area contributed by atoms with Gasteiger partial charge in [-0.3, -0.25) is 4.79 Å². The predicted molar refractivity (Wildman–Crippen MR) is 58.2 cm³/mol. The van der Waals surface area contributed by atoms with Crippen molar-refractivity contribution >= 4 is 5.91 Å². The molecule has 1 amide bonds. The van der Waals surface area contributed by atoms with Gasteiger partial charge in [0, 0.05) is 19.2 Å². The van der Waals surface area contributed by atoms with Crippen molar-refractivity contribution in [2.24, 2.45) is 11.5 Å². The number of rotatable bonds is 4. The molecule has 1 aliphatic rings. The molecule has 1 saturated heterocycles. The van der Waals surface area contributed by atoms with E-state index in [4.69, 9.17) is 16.2 Å². The average molecular weight is 215 g/mol. The van der Waals surface area contributed by atoms with Crippen LogP contribution in [0.4, 0.5) is 0 Å². The van der Waals surface area contributed by atoms with Gasteiger partial charge in [0.25, 0.3) is 0 Å². The number of ether oxygens (including phenoxy) is 1. The highest BCUT2D eigenvalue weighted by Crippen LogP contribution is 2.23. The second-order valence-corrected chi connectivity index (χ2v) is 4.71. The van der Waals surface area contributed by atoms with E-state index in [1.807, 2.05) is 0 Å². The van der Waals surface area contributed by atoms with Crippen LogP contribution < -0.4 is 16.8 Å². The SMILES string of the molecule is CC1(C)CC(NCC(N)C(N)=O)CCO1. The number of carbonyl (C=O) groups excluding carboxylic acids is 1. The second-order valence-electron chi connectivity index (χ2n) is 4.71. The summed E-state index contributed by atoms with van der Waals surface area (Å²) in [5.74, 6) is -0.464. The summed E-state index contributed by atoms with van der Waals surface area (Å²) in [4.78, 5) is 10.7. The molecule has 1 aliphatic heterocycles. The van der Waals surface area contributed by atoms with Crippen molar-refractivity contribution in [3.05, 3.63) is 0 Å². The van der Waals surface area contributed by atoms with Crippen molar-refractivity contribution in [3.8, 4) is 0 Å². The van der Waals surface area contributed by atoms with Crippen LogP contribution in [0.2, 0.25) is 0 Å². The molecule has 5 nitrogen and oxygen atoms in total. The van der Waals surface area contributed by atoms with Crippen molar-refractivity contribution in [1.82, 2.24) is 5.32 Å². The van der Waals surface area contributed by atoms with Crippen LogP contribution in [0, 0.1) is 0 Å². The van der Waals surface area contributed by atoms with E-state index >= 15 is 0 Å². The van der Waals surface area contributed by atoms with Gasteiger partial charge in [-0.05, 0) is 26.7 Å². The Bertz CT molecular complexity index is 231. The molecule has 1 heterocycles. The molecule has 0 aromatic carbocycles. The molecular formula is C10H21N3O2. The molecule has 0 bridgehead atoms. The average Bonchev–Trinajstić information content (AvgIpc) is 2.12. The zero-order valence-electron chi connectivity index (χ0n) is 9.45.